The van der Waals surface area contributed by atoms with Gasteiger partial charge >= 0.3 is 0 Å². The van der Waals surface area contributed by atoms with Crippen LogP contribution in [0.4, 0.5) is 5.69 Å². The van der Waals surface area contributed by atoms with Crippen molar-refractivity contribution < 1.29 is 21.9 Å². The third-order valence-electron chi connectivity index (χ3n) is 5.44. The van der Waals surface area contributed by atoms with Gasteiger partial charge in [0.2, 0.25) is 10.0 Å². The highest BCUT2D eigenvalue weighted by atomic mass is 32.2. The van der Waals surface area contributed by atoms with Gasteiger partial charge in [0, 0.05) is 26.2 Å². The Morgan fingerprint density at radius 1 is 0.968 bits per heavy atom. The van der Waals surface area contributed by atoms with Crippen molar-refractivity contribution in [2.24, 2.45) is 0 Å². The maximum absolute atomic E-state index is 12.1. The van der Waals surface area contributed by atoms with E-state index in [9.17, 15) is 17.2 Å². The summed E-state index contributed by atoms with van der Waals surface area (Å²) in [5, 5.41) is 2.15. The molecule has 1 aliphatic rings. The molecule has 1 saturated heterocycles. The van der Waals surface area contributed by atoms with Gasteiger partial charge in [0.25, 0.3) is 0 Å². The molecule has 0 spiro atoms. The van der Waals surface area contributed by atoms with E-state index in [1.807, 2.05) is 47.4 Å². The number of rotatable bonds is 6. The highest BCUT2D eigenvalue weighted by Crippen LogP contribution is 2.34. The van der Waals surface area contributed by atoms with Crippen LogP contribution < -0.4 is 9.64 Å². The van der Waals surface area contributed by atoms with Gasteiger partial charge in [0.1, 0.15) is 12.4 Å². The topological polar surface area (TPSA) is 90.0 Å². The number of hydrogen-bond donors (Lipinski definition) is 0. The summed E-state index contributed by atoms with van der Waals surface area (Å²) >= 11 is -2.51. The number of piperazine rings is 1. The molecule has 0 amide bonds. The van der Waals surface area contributed by atoms with Crippen molar-refractivity contribution in [1.82, 2.24) is 4.31 Å². The largest absolute Gasteiger partial charge is 0.768 e. The average Bonchev–Trinajstić information content (AvgIpc) is 2.76. The van der Waals surface area contributed by atoms with E-state index >= 15 is 0 Å². The van der Waals surface area contributed by atoms with E-state index in [1.165, 1.54) is 10.6 Å². The Hall–Kier alpha value is -2.46. The molecule has 7 nitrogen and oxygen atoms in total. The van der Waals surface area contributed by atoms with Gasteiger partial charge in [-0.25, -0.2) is 8.42 Å². The lowest BCUT2D eigenvalue weighted by Crippen LogP contribution is -2.48. The summed E-state index contributed by atoms with van der Waals surface area (Å²) in [6, 6.07) is 19.0. The second kappa shape index (κ2) is 8.96. The monoisotopic (exact) mass is 459 g/mol. The molecule has 0 radical (unpaired) electrons. The van der Waals surface area contributed by atoms with Gasteiger partial charge < -0.3 is 14.2 Å². The van der Waals surface area contributed by atoms with Crippen LogP contribution in [0.2, 0.25) is 0 Å². The van der Waals surface area contributed by atoms with E-state index in [4.69, 9.17) is 4.74 Å². The van der Waals surface area contributed by atoms with E-state index < -0.39 is 21.1 Å². The van der Waals surface area contributed by atoms with Crippen molar-refractivity contribution in [3.05, 3.63) is 66.2 Å². The molecule has 0 N–H and O–H groups in total. The lowest BCUT2D eigenvalue weighted by molar-refractivity contribution is 0.298. The maximum atomic E-state index is 12.1. The molecule has 4 rings (SSSR count). The summed E-state index contributed by atoms with van der Waals surface area (Å²) in [5.41, 5.74) is 1.49. The third kappa shape index (κ3) is 4.74. The van der Waals surface area contributed by atoms with Gasteiger partial charge in [-0.2, -0.15) is 4.31 Å². The minimum atomic E-state index is -3.26. The molecule has 3 aromatic carbocycles. The summed E-state index contributed by atoms with van der Waals surface area (Å²) in [4.78, 5) is 1.98. The van der Waals surface area contributed by atoms with Crippen LogP contribution in [-0.4, -0.2) is 53.9 Å². The Morgan fingerprint density at radius 2 is 1.65 bits per heavy atom. The molecule has 0 aromatic heterocycles. The number of ether oxygens (including phenoxy) is 1. The molecule has 1 unspecified atom stereocenters. The molecule has 0 aliphatic carbocycles. The Labute approximate surface area is 184 Å². The molecule has 1 fully saturated rings. The van der Waals surface area contributed by atoms with Crippen molar-refractivity contribution in [2.45, 2.75) is 11.5 Å². The first kappa shape index (κ1) is 21.8. The number of nitrogens with zero attached hydrogens (tertiary/aromatic N) is 2. The highest BCUT2D eigenvalue weighted by Gasteiger charge is 2.25. The van der Waals surface area contributed by atoms with Crippen LogP contribution in [0, 0.1) is 0 Å². The fourth-order valence-corrected chi connectivity index (χ4v) is 5.35. The van der Waals surface area contributed by atoms with Crippen molar-refractivity contribution >= 4 is 37.6 Å². The smallest absolute Gasteiger partial charge is 0.211 e. The molecule has 31 heavy (non-hydrogen) atoms. The van der Waals surface area contributed by atoms with Gasteiger partial charge in [-0.1, -0.05) is 48.5 Å². The minimum Gasteiger partial charge on any atom is -0.768 e. The Morgan fingerprint density at radius 3 is 2.35 bits per heavy atom. The minimum absolute atomic E-state index is 0.0931. The average molecular weight is 460 g/mol. The van der Waals surface area contributed by atoms with E-state index in [2.05, 4.69) is 0 Å². The van der Waals surface area contributed by atoms with Crippen LogP contribution in [-0.2, 0) is 27.7 Å². The van der Waals surface area contributed by atoms with Crippen molar-refractivity contribution in [3.63, 3.8) is 0 Å². The second-order valence-corrected chi connectivity index (χ2v) is 10.3. The molecule has 1 heterocycles. The summed E-state index contributed by atoms with van der Waals surface area (Å²) in [5.74, 6) is 0.282. The number of anilines is 1. The Kier molecular flexibility index (Phi) is 6.29. The van der Waals surface area contributed by atoms with E-state index in [1.54, 1.807) is 18.2 Å². The zero-order valence-corrected chi connectivity index (χ0v) is 18.7. The van der Waals surface area contributed by atoms with Gasteiger partial charge in [-0.3, -0.25) is 4.21 Å². The fourth-order valence-electron chi connectivity index (χ4n) is 3.87. The van der Waals surface area contributed by atoms with Crippen molar-refractivity contribution in [2.75, 3.05) is 37.3 Å². The van der Waals surface area contributed by atoms with Crippen LogP contribution >= 0.6 is 0 Å². The summed E-state index contributed by atoms with van der Waals surface area (Å²) in [7, 11) is -3.26. The van der Waals surface area contributed by atoms with Crippen LogP contribution in [0.1, 0.15) is 5.56 Å². The predicted octanol–water partition coefficient (Wildman–Crippen LogP) is 2.74. The van der Waals surface area contributed by atoms with Crippen LogP contribution in [0.15, 0.2) is 65.6 Å². The lowest BCUT2D eigenvalue weighted by atomic mass is 10.1. The molecule has 3 aromatic rings. The molecule has 9 heteroatoms. The second-order valence-electron chi connectivity index (χ2n) is 7.42. The molecular formula is C22H23N2O5S2-. The number of benzene rings is 3. The van der Waals surface area contributed by atoms with Gasteiger partial charge in [0.05, 0.1) is 16.8 Å². The maximum Gasteiger partial charge on any atom is 0.211 e. The molecule has 0 bridgehead atoms. The first-order valence-electron chi connectivity index (χ1n) is 9.86. The molecule has 1 aliphatic heterocycles. The quantitative estimate of drug-likeness (QED) is 0.527. The van der Waals surface area contributed by atoms with Crippen LogP contribution in [0.25, 0.3) is 10.8 Å². The van der Waals surface area contributed by atoms with E-state index in [0.717, 1.165) is 16.3 Å². The first-order valence-corrected chi connectivity index (χ1v) is 12.8. The Balaban J connectivity index is 1.59. The van der Waals surface area contributed by atoms with Crippen molar-refractivity contribution in [3.8, 4) is 5.75 Å². The molecule has 164 valence electrons. The first-order chi connectivity index (χ1) is 14.8. The Bertz CT molecular complexity index is 1220. The lowest BCUT2D eigenvalue weighted by Gasteiger charge is -2.36. The molecule has 1 atom stereocenters. The van der Waals surface area contributed by atoms with Crippen LogP contribution in [0.3, 0.4) is 0 Å². The summed E-state index contributed by atoms with van der Waals surface area (Å²) in [6.07, 6.45) is 1.18. The van der Waals surface area contributed by atoms with Gasteiger partial charge in [-0.05, 0) is 39.5 Å². The predicted molar refractivity (Wildman–Crippen MR) is 121 cm³/mol. The fraction of sp³-hybridized carbons (Fsp3) is 0.273. The van der Waals surface area contributed by atoms with Crippen LogP contribution in [0.5, 0.6) is 5.75 Å². The third-order valence-corrected chi connectivity index (χ3v) is 7.48. The molecular weight excluding hydrogens is 436 g/mol. The van der Waals surface area contributed by atoms with Gasteiger partial charge in [-0.15, -0.1) is 0 Å². The van der Waals surface area contributed by atoms with E-state index in [-0.39, 0.29) is 17.3 Å². The van der Waals surface area contributed by atoms with Crippen molar-refractivity contribution in [1.29, 1.82) is 0 Å². The normalized spacial score (nSPS) is 16.4. The zero-order valence-electron chi connectivity index (χ0n) is 17.1. The SMILES string of the molecule is CS(=O)(=O)N1CCN(c2cccc(OCc3cccc4ccccc34)c2S(=O)[O-])CC1. The van der Waals surface area contributed by atoms with Gasteiger partial charge in [0.15, 0.2) is 0 Å². The number of hydrogen-bond acceptors (Lipinski definition) is 6. The highest BCUT2D eigenvalue weighted by molar-refractivity contribution is 7.88. The number of fused-ring (bicyclic) bond motifs is 1. The van der Waals surface area contributed by atoms with E-state index in [0.29, 0.717) is 31.9 Å². The number of sulfonamides is 1. The zero-order chi connectivity index (χ0) is 22.0. The summed E-state index contributed by atoms with van der Waals surface area (Å²) < 4.78 is 55.1. The summed E-state index contributed by atoms with van der Waals surface area (Å²) in [6.45, 7) is 1.67. The molecule has 0 saturated carbocycles. The standard InChI is InChI=1S/C22H24N2O5S2/c1-31(27,28)24-14-12-23(13-15-24)20-10-5-11-21(22(20)30(25)26)29-16-18-8-4-7-17-6-2-3-9-19(17)18/h2-11H,12-16H2,1H3,(H,25,26)/p-1.